The summed E-state index contributed by atoms with van der Waals surface area (Å²) in [5.74, 6) is -2.01. The van der Waals surface area contributed by atoms with Crippen molar-refractivity contribution in [2.45, 2.75) is 0 Å². The Balaban J connectivity index is 2.26. The summed E-state index contributed by atoms with van der Waals surface area (Å²) in [4.78, 5) is 15.3. The smallest absolute Gasteiger partial charge is 0.338 e. The average Bonchev–Trinajstić information content (AvgIpc) is 2.47. The number of nitrogens with zero attached hydrogens (tertiary/aromatic N) is 1. The van der Waals surface area contributed by atoms with E-state index in [2.05, 4.69) is 4.98 Å². The molecule has 3 rings (SSSR count). The predicted octanol–water partition coefficient (Wildman–Crippen LogP) is 3.74. The van der Waals surface area contributed by atoms with E-state index in [0.29, 0.717) is 5.56 Å². The van der Waals surface area contributed by atoms with Gasteiger partial charge in [-0.2, -0.15) is 0 Å². The molecule has 0 atom stereocenters. The third-order valence-electron chi connectivity index (χ3n) is 3.16. The Kier molecular flexibility index (Phi) is 2.91. The summed E-state index contributed by atoms with van der Waals surface area (Å²) < 4.78 is 13.5. The number of fused-ring (bicyclic) bond motifs is 1. The molecule has 20 heavy (non-hydrogen) atoms. The summed E-state index contributed by atoms with van der Waals surface area (Å²) in [6, 6.07) is 13.4. The fourth-order valence-corrected chi connectivity index (χ4v) is 2.20. The largest absolute Gasteiger partial charge is 0.478 e. The number of benzene rings is 2. The molecule has 1 N–H and O–H groups in total. The maximum Gasteiger partial charge on any atom is 0.338 e. The van der Waals surface area contributed by atoms with Gasteiger partial charge in [-0.1, -0.05) is 24.3 Å². The predicted molar refractivity (Wildman–Crippen MR) is 74.1 cm³/mol. The molecule has 0 saturated heterocycles. The second kappa shape index (κ2) is 4.74. The molecule has 0 unspecified atom stereocenters. The Morgan fingerprint density at radius 3 is 2.70 bits per heavy atom. The lowest BCUT2D eigenvalue weighted by atomic mass is 9.99. The van der Waals surface area contributed by atoms with Gasteiger partial charge in [-0.05, 0) is 35.4 Å². The number of carboxylic acids is 1. The summed E-state index contributed by atoms with van der Waals surface area (Å²) in [6.45, 7) is 0. The Hall–Kier alpha value is -2.75. The first kappa shape index (κ1) is 12.3. The molecule has 98 valence electrons. The third-order valence-corrected chi connectivity index (χ3v) is 3.16. The molecule has 3 aromatic rings. The van der Waals surface area contributed by atoms with E-state index >= 15 is 0 Å². The lowest BCUT2D eigenvalue weighted by Crippen LogP contribution is -2.00. The molecule has 0 radical (unpaired) electrons. The van der Waals surface area contributed by atoms with Crippen molar-refractivity contribution in [1.29, 1.82) is 0 Å². The minimum Gasteiger partial charge on any atom is -0.478 e. The highest BCUT2D eigenvalue weighted by atomic mass is 19.1. The van der Waals surface area contributed by atoms with E-state index < -0.39 is 11.8 Å². The fourth-order valence-electron chi connectivity index (χ4n) is 2.20. The lowest BCUT2D eigenvalue weighted by molar-refractivity contribution is 0.0692. The Labute approximate surface area is 114 Å². The molecule has 1 heterocycles. The van der Waals surface area contributed by atoms with Crippen molar-refractivity contribution in [3.8, 4) is 11.1 Å². The number of rotatable bonds is 2. The summed E-state index contributed by atoms with van der Waals surface area (Å²) in [7, 11) is 0. The van der Waals surface area contributed by atoms with Crippen LogP contribution in [0.1, 0.15) is 10.4 Å². The van der Waals surface area contributed by atoms with Gasteiger partial charge in [-0.15, -0.1) is 0 Å². The minimum atomic E-state index is -1.28. The highest BCUT2D eigenvalue weighted by Crippen LogP contribution is 2.28. The molecule has 0 aliphatic heterocycles. The van der Waals surface area contributed by atoms with Crippen molar-refractivity contribution in [3.05, 3.63) is 66.1 Å². The van der Waals surface area contributed by atoms with Crippen LogP contribution in [0.4, 0.5) is 4.39 Å². The molecule has 3 nitrogen and oxygen atoms in total. The van der Waals surface area contributed by atoms with Gasteiger partial charge in [0, 0.05) is 11.6 Å². The first-order valence-corrected chi connectivity index (χ1v) is 6.04. The van der Waals surface area contributed by atoms with Crippen LogP contribution in [-0.2, 0) is 0 Å². The van der Waals surface area contributed by atoms with Gasteiger partial charge in [-0.25, -0.2) is 9.18 Å². The second-order valence-electron chi connectivity index (χ2n) is 4.38. The maximum atomic E-state index is 13.5. The van der Waals surface area contributed by atoms with Crippen LogP contribution in [0.5, 0.6) is 0 Å². The van der Waals surface area contributed by atoms with Crippen LogP contribution < -0.4 is 0 Å². The number of hydrogen-bond acceptors (Lipinski definition) is 2. The van der Waals surface area contributed by atoms with E-state index in [0.717, 1.165) is 16.5 Å². The van der Waals surface area contributed by atoms with E-state index in [9.17, 15) is 9.18 Å². The molecule has 0 fully saturated rings. The van der Waals surface area contributed by atoms with Crippen LogP contribution in [0, 0.1) is 5.82 Å². The summed E-state index contributed by atoms with van der Waals surface area (Å²) in [6.07, 6.45) is 1.65. The number of para-hydroxylation sites is 1. The summed E-state index contributed by atoms with van der Waals surface area (Å²) >= 11 is 0. The zero-order valence-electron chi connectivity index (χ0n) is 10.4. The molecular weight excluding hydrogens is 257 g/mol. The van der Waals surface area contributed by atoms with Gasteiger partial charge >= 0.3 is 5.97 Å². The molecule has 0 saturated carbocycles. The monoisotopic (exact) mass is 267 g/mol. The van der Waals surface area contributed by atoms with Crippen LogP contribution in [0.2, 0.25) is 0 Å². The minimum absolute atomic E-state index is 0.330. The SMILES string of the molecule is O=C(O)c1cc(-c2ccnc3ccccc23)ccc1F. The standard InChI is InChI=1S/C16H10FNO2/c17-14-6-5-10(9-13(14)16(19)20)11-7-8-18-15-4-2-1-3-12(11)15/h1-9H,(H,19,20). The second-order valence-corrected chi connectivity index (χ2v) is 4.38. The van der Waals surface area contributed by atoms with E-state index in [1.165, 1.54) is 12.1 Å². The number of halogens is 1. The first-order chi connectivity index (χ1) is 9.66. The zero-order valence-corrected chi connectivity index (χ0v) is 10.4. The molecule has 0 amide bonds. The normalized spacial score (nSPS) is 10.7. The van der Waals surface area contributed by atoms with Crippen LogP contribution >= 0.6 is 0 Å². The number of aromatic nitrogens is 1. The Morgan fingerprint density at radius 2 is 1.90 bits per heavy atom. The lowest BCUT2D eigenvalue weighted by Gasteiger charge is -2.07. The molecule has 0 aliphatic carbocycles. The number of carbonyl (C=O) groups is 1. The summed E-state index contributed by atoms with van der Waals surface area (Å²) in [5, 5.41) is 9.90. The van der Waals surface area contributed by atoms with Crippen molar-refractivity contribution >= 4 is 16.9 Å². The summed E-state index contributed by atoms with van der Waals surface area (Å²) in [5.41, 5.74) is 1.97. The van der Waals surface area contributed by atoms with Crippen molar-refractivity contribution in [1.82, 2.24) is 4.98 Å². The molecular formula is C16H10FNO2. The number of pyridine rings is 1. The van der Waals surface area contributed by atoms with Crippen molar-refractivity contribution < 1.29 is 14.3 Å². The highest BCUT2D eigenvalue weighted by Gasteiger charge is 2.12. The number of carboxylic acid groups (broad SMARTS) is 1. The maximum absolute atomic E-state index is 13.5. The molecule has 4 heteroatoms. The van der Waals surface area contributed by atoms with Crippen molar-refractivity contribution in [3.63, 3.8) is 0 Å². The van der Waals surface area contributed by atoms with Crippen LogP contribution in [-0.4, -0.2) is 16.1 Å². The topological polar surface area (TPSA) is 50.2 Å². The van der Waals surface area contributed by atoms with Crippen LogP contribution in [0.3, 0.4) is 0 Å². The van der Waals surface area contributed by atoms with Gasteiger partial charge in [0.15, 0.2) is 0 Å². The quantitative estimate of drug-likeness (QED) is 0.769. The molecule has 1 aromatic heterocycles. The van der Waals surface area contributed by atoms with Gasteiger partial charge in [-0.3, -0.25) is 4.98 Å². The van der Waals surface area contributed by atoms with Crippen LogP contribution in [0.15, 0.2) is 54.7 Å². The van der Waals surface area contributed by atoms with E-state index in [4.69, 9.17) is 5.11 Å². The van der Waals surface area contributed by atoms with Gasteiger partial charge < -0.3 is 5.11 Å². The number of aromatic carboxylic acids is 1. The van der Waals surface area contributed by atoms with Gasteiger partial charge in [0.25, 0.3) is 0 Å². The van der Waals surface area contributed by atoms with Crippen molar-refractivity contribution in [2.75, 3.05) is 0 Å². The Morgan fingerprint density at radius 1 is 1.10 bits per heavy atom. The van der Waals surface area contributed by atoms with E-state index in [1.54, 1.807) is 18.3 Å². The third kappa shape index (κ3) is 2.01. The fraction of sp³-hybridized carbons (Fsp3) is 0. The average molecular weight is 267 g/mol. The molecule has 0 aliphatic rings. The van der Waals surface area contributed by atoms with Gasteiger partial charge in [0.2, 0.25) is 0 Å². The molecule has 0 bridgehead atoms. The van der Waals surface area contributed by atoms with E-state index in [-0.39, 0.29) is 5.56 Å². The van der Waals surface area contributed by atoms with E-state index in [1.807, 2.05) is 24.3 Å². The van der Waals surface area contributed by atoms with Crippen LogP contribution in [0.25, 0.3) is 22.0 Å². The van der Waals surface area contributed by atoms with Gasteiger partial charge in [0.1, 0.15) is 5.82 Å². The Bertz CT molecular complexity index is 809. The molecule has 2 aromatic carbocycles. The first-order valence-electron chi connectivity index (χ1n) is 6.04. The molecule has 0 spiro atoms. The zero-order chi connectivity index (χ0) is 14.1. The highest BCUT2D eigenvalue weighted by molar-refractivity contribution is 5.96. The number of hydrogen-bond donors (Lipinski definition) is 1. The van der Waals surface area contributed by atoms with Crippen molar-refractivity contribution in [2.24, 2.45) is 0 Å². The van der Waals surface area contributed by atoms with Gasteiger partial charge in [0.05, 0.1) is 11.1 Å².